The van der Waals surface area contributed by atoms with Gasteiger partial charge in [0.2, 0.25) is 11.8 Å². The SMILES string of the molecule is Cn1cc(-c2ccc3c(c2)CN(C2CCC(=O)NC2=O)C3=O)nc1-c1cccc(C#N)c1. The van der Waals surface area contributed by atoms with Gasteiger partial charge in [0.1, 0.15) is 11.9 Å². The fourth-order valence-electron chi connectivity index (χ4n) is 4.34. The Morgan fingerprint density at radius 1 is 1.12 bits per heavy atom. The van der Waals surface area contributed by atoms with Crippen LogP contribution in [0.1, 0.15) is 34.3 Å². The smallest absolute Gasteiger partial charge is 0.255 e. The van der Waals surface area contributed by atoms with Crippen LogP contribution in [0.3, 0.4) is 0 Å². The van der Waals surface area contributed by atoms with Crippen LogP contribution in [-0.4, -0.2) is 38.2 Å². The van der Waals surface area contributed by atoms with Crippen molar-refractivity contribution >= 4 is 17.7 Å². The molecule has 0 radical (unpaired) electrons. The van der Waals surface area contributed by atoms with Crippen LogP contribution < -0.4 is 5.32 Å². The molecular weight excluding hydrogens is 406 g/mol. The Morgan fingerprint density at radius 2 is 1.97 bits per heavy atom. The van der Waals surface area contributed by atoms with Crippen molar-refractivity contribution < 1.29 is 14.4 Å². The highest BCUT2D eigenvalue weighted by molar-refractivity contribution is 6.05. The van der Waals surface area contributed by atoms with Crippen molar-refractivity contribution in [2.24, 2.45) is 7.05 Å². The van der Waals surface area contributed by atoms with Gasteiger partial charge >= 0.3 is 0 Å². The monoisotopic (exact) mass is 425 g/mol. The van der Waals surface area contributed by atoms with Crippen molar-refractivity contribution in [2.75, 3.05) is 0 Å². The third-order valence-electron chi connectivity index (χ3n) is 5.95. The molecule has 2 aliphatic rings. The molecule has 3 amide bonds. The molecule has 1 fully saturated rings. The van der Waals surface area contributed by atoms with Gasteiger partial charge in [-0.15, -0.1) is 0 Å². The van der Waals surface area contributed by atoms with Crippen LogP contribution in [0.5, 0.6) is 0 Å². The molecule has 2 aromatic carbocycles. The van der Waals surface area contributed by atoms with E-state index in [4.69, 9.17) is 10.2 Å². The van der Waals surface area contributed by atoms with Crippen molar-refractivity contribution in [2.45, 2.75) is 25.4 Å². The fraction of sp³-hybridized carbons (Fsp3) is 0.208. The van der Waals surface area contributed by atoms with Crippen molar-refractivity contribution in [3.05, 3.63) is 65.4 Å². The lowest BCUT2D eigenvalue weighted by atomic mass is 10.0. The molecule has 0 aliphatic carbocycles. The molecule has 1 saturated heterocycles. The molecule has 1 atom stereocenters. The van der Waals surface area contributed by atoms with Gasteiger partial charge in [-0.3, -0.25) is 19.7 Å². The van der Waals surface area contributed by atoms with E-state index in [1.54, 1.807) is 18.2 Å². The number of piperidine rings is 1. The number of amides is 3. The highest BCUT2D eigenvalue weighted by Crippen LogP contribution is 2.32. The molecule has 158 valence electrons. The summed E-state index contributed by atoms with van der Waals surface area (Å²) in [7, 11) is 1.90. The molecule has 5 rings (SSSR count). The Hall–Kier alpha value is -4.25. The van der Waals surface area contributed by atoms with Crippen molar-refractivity contribution in [3.8, 4) is 28.7 Å². The maximum Gasteiger partial charge on any atom is 0.255 e. The normalized spacial score (nSPS) is 17.8. The summed E-state index contributed by atoms with van der Waals surface area (Å²) in [6, 6.07) is 14.3. The van der Waals surface area contributed by atoms with Gasteiger partial charge in [0.25, 0.3) is 5.91 Å². The summed E-state index contributed by atoms with van der Waals surface area (Å²) in [6.45, 7) is 0.318. The number of aromatic nitrogens is 2. The third kappa shape index (κ3) is 3.24. The Balaban J connectivity index is 1.44. The highest BCUT2D eigenvalue weighted by atomic mass is 16.2. The van der Waals surface area contributed by atoms with Gasteiger partial charge < -0.3 is 9.47 Å². The Morgan fingerprint density at radius 3 is 2.75 bits per heavy atom. The molecule has 3 aromatic rings. The van der Waals surface area contributed by atoms with Gasteiger partial charge in [-0.25, -0.2) is 4.98 Å². The van der Waals surface area contributed by atoms with Gasteiger partial charge in [0.05, 0.1) is 17.3 Å². The van der Waals surface area contributed by atoms with Gasteiger partial charge in [-0.1, -0.05) is 18.2 Å². The van der Waals surface area contributed by atoms with E-state index in [1.165, 1.54) is 4.90 Å². The van der Waals surface area contributed by atoms with Crippen LogP contribution >= 0.6 is 0 Å². The number of hydrogen-bond acceptors (Lipinski definition) is 5. The van der Waals surface area contributed by atoms with E-state index in [0.717, 1.165) is 28.2 Å². The lowest BCUT2D eigenvalue weighted by Crippen LogP contribution is -2.52. The number of rotatable bonds is 3. The molecule has 8 nitrogen and oxygen atoms in total. The predicted octanol–water partition coefficient (Wildman–Crippen LogP) is 2.39. The first-order valence-corrected chi connectivity index (χ1v) is 10.3. The van der Waals surface area contributed by atoms with E-state index in [0.29, 0.717) is 24.1 Å². The summed E-state index contributed by atoms with van der Waals surface area (Å²) >= 11 is 0. The Labute approximate surface area is 184 Å². The molecule has 1 unspecified atom stereocenters. The topological polar surface area (TPSA) is 108 Å². The number of nitrogens with one attached hydrogen (secondary N) is 1. The molecule has 0 saturated carbocycles. The lowest BCUT2D eigenvalue weighted by Gasteiger charge is -2.29. The molecule has 8 heteroatoms. The van der Waals surface area contributed by atoms with E-state index < -0.39 is 11.9 Å². The number of aryl methyl sites for hydroxylation is 1. The average molecular weight is 425 g/mol. The second kappa shape index (κ2) is 7.46. The Bertz CT molecular complexity index is 1330. The summed E-state index contributed by atoms with van der Waals surface area (Å²) in [5, 5.41) is 11.5. The number of carbonyl (C=O) groups excluding carboxylic acids is 3. The van der Waals surface area contributed by atoms with Crippen LogP contribution in [-0.2, 0) is 23.2 Å². The second-order valence-corrected chi connectivity index (χ2v) is 8.03. The minimum atomic E-state index is -0.634. The standard InChI is InChI=1S/C24H19N5O3/c1-28-13-19(26-22(28)16-4-2-3-14(9-16)11-25)15-5-6-18-17(10-15)12-29(24(18)32)20-7-8-21(30)27-23(20)31/h2-6,9-10,13,20H,7-8,12H2,1H3,(H,27,30,31). The van der Waals surface area contributed by atoms with Gasteiger partial charge in [-0.2, -0.15) is 5.26 Å². The summed E-state index contributed by atoms with van der Waals surface area (Å²) in [5.74, 6) is -0.185. The molecule has 1 aromatic heterocycles. The number of fused-ring (bicyclic) bond motifs is 1. The minimum Gasteiger partial charge on any atom is -0.333 e. The van der Waals surface area contributed by atoms with Crippen LogP contribution in [0.15, 0.2) is 48.7 Å². The van der Waals surface area contributed by atoms with Gasteiger partial charge in [0.15, 0.2) is 0 Å². The zero-order valence-corrected chi connectivity index (χ0v) is 17.3. The average Bonchev–Trinajstić information content (AvgIpc) is 3.33. The van der Waals surface area contributed by atoms with Crippen molar-refractivity contribution in [3.63, 3.8) is 0 Å². The molecule has 0 bridgehead atoms. The maximum absolute atomic E-state index is 12.9. The molecule has 1 N–H and O–H groups in total. The third-order valence-corrected chi connectivity index (χ3v) is 5.95. The quantitative estimate of drug-likeness (QED) is 0.648. The van der Waals surface area contributed by atoms with E-state index in [2.05, 4.69) is 11.4 Å². The molecular formula is C24H19N5O3. The number of carbonyl (C=O) groups is 3. The van der Waals surface area contributed by atoms with Crippen LogP contribution in [0.4, 0.5) is 0 Å². The number of hydrogen-bond donors (Lipinski definition) is 1. The van der Waals surface area contributed by atoms with Crippen LogP contribution in [0, 0.1) is 11.3 Å². The predicted molar refractivity (Wildman–Crippen MR) is 115 cm³/mol. The number of imidazole rings is 1. The largest absolute Gasteiger partial charge is 0.333 e. The molecule has 3 heterocycles. The summed E-state index contributed by atoms with van der Waals surface area (Å²) in [5.41, 5.74) is 4.42. The summed E-state index contributed by atoms with van der Waals surface area (Å²) in [6.07, 6.45) is 2.47. The number of nitrogens with zero attached hydrogens (tertiary/aromatic N) is 4. The van der Waals surface area contributed by atoms with Crippen molar-refractivity contribution in [1.29, 1.82) is 5.26 Å². The zero-order valence-electron chi connectivity index (χ0n) is 17.3. The zero-order chi connectivity index (χ0) is 22.4. The van der Waals surface area contributed by atoms with Crippen LogP contribution in [0.25, 0.3) is 22.6 Å². The van der Waals surface area contributed by atoms with E-state index >= 15 is 0 Å². The summed E-state index contributed by atoms with van der Waals surface area (Å²) in [4.78, 5) is 42.9. The number of nitriles is 1. The fourth-order valence-corrected chi connectivity index (χ4v) is 4.34. The molecule has 0 spiro atoms. The summed E-state index contributed by atoms with van der Waals surface area (Å²) < 4.78 is 1.90. The minimum absolute atomic E-state index is 0.198. The first-order valence-electron chi connectivity index (χ1n) is 10.3. The van der Waals surface area contributed by atoms with Crippen LogP contribution in [0.2, 0.25) is 0 Å². The maximum atomic E-state index is 12.9. The molecule has 32 heavy (non-hydrogen) atoms. The van der Waals surface area contributed by atoms with Gasteiger partial charge in [-0.05, 0) is 36.2 Å². The van der Waals surface area contributed by atoms with E-state index in [-0.39, 0.29) is 18.2 Å². The first-order chi connectivity index (χ1) is 15.4. The van der Waals surface area contributed by atoms with E-state index in [9.17, 15) is 14.4 Å². The van der Waals surface area contributed by atoms with E-state index in [1.807, 2.05) is 42.1 Å². The lowest BCUT2D eigenvalue weighted by molar-refractivity contribution is -0.136. The highest BCUT2D eigenvalue weighted by Gasteiger charge is 2.39. The first kappa shape index (κ1) is 19.7. The molecule has 2 aliphatic heterocycles. The number of benzene rings is 2. The second-order valence-electron chi connectivity index (χ2n) is 8.03. The van der Waals surface area contributed by atoms with Gasteiger partial charge in [0, 0.05) is 42.9 Å². The van der Waals surface area contributed by atoms with Crippen molar-refractivity contribution in [1.82, 2.24) is 19.8 Å². The Kier molecular flexibility index (Phi) is 4.59. The number of imide groups is 1.